The van der Waals surface area contributed by atoms with Gasteiger partial charge in [0.15, 0.2) is 0 Å². The molecule has 2 aromatic rings. The van der Waals surface area contributed by atoms with Gasteiger partial charge in [-0.1, -0.05) is 0 Å². The van der Waals surface area contributed by atoms with E-state index in [0.717, 1.165) is 10.6 Å². The zero-order valence-electron chi connectivity index (χ0n) is 10.7. The lowest BCUT2D eigenvalue weighted by Gasteiger charge is -2.05. The van der Waals surface area contributed by atoms with Crippen molar-refractivity contribution in [3.05, 3.63) is 42.4 Å². The van der Waals surface area contributed by atoms with E-state index in [4.69, 9.17) is 0 Å². The highest BCUT2D eigenvalue weighted by Crippen LogP contribution is 2.17. The smallest absolute Gasteiger partial charge is 0.275 e. The minimum Gasteiger partial charge on any atom is -0.372 e. The van der Waals surface area contributed by atoms with Crippen molar-refractivity contribution >= 4 is 29.2 Å². The second-order valence-electron chi connectivity index (χ2n) is 3.72. The van der Waals surface area contributed by atoms with Gasteiger partial charge in [-0.3, -0.25) is 4.79 Å². The Morgan fingerprint density at radius 2 is 1.89 bits per heavy atom. The van der Waals surface area contributed by atoms with E-state index in [2.05, 4.69) is 20.6 Å². The first-order valence-corrected chi connectivity index (χ1v) is 6.90. The molecule has 0 aliphatic carbocycles. The molecule has 2 N–H and O–H groups in total. The molecule has 0 unspecified atom stereocenters. The summed E-state index contributed by atoms with van der Waals surface area (Å²) in [6, 6.07) is 7.63. The molecule has 2 rings (SSSR count). The Kier molecular flexibility index (Phi) is 4.35. The summed E-state index contributed by atoms with van der Waals surface area (Å²) >= 11 is 1.65. The standard InChI is InChI=1S/C13H14N4OS/c1-14-12-8-15-11(7-16-12)13(18)17-9-3-5-10(19-2)6-4-9/h3-8H,1-2H3,(H,14,16)(H,17,18). The summed E-state index contributed by atoms with van der Waals surface area (Å²) in [5.74, 6) is 0.355. The molecule has 0 saturated carbocycles. The normalized spacial score (nSPS) is 10.0. The molecule has 0 atom stereocenters. The van der Waals surface area contributed by atoms with Crippen LogP contribution >= 0.6 is 11.8 Å². The highest BCUT2D eigenvalue weighted by Gasteiger charge is 2.08. The van der Waals surface area contributed by atoms with Crippen molar-refractivity contribution < 1.29 is 4.79 Å². The van der Waals surface area contributed by atoms with Gasteiger partial charge in [0.05, 0.1) is 12.4 Å². The van der Waals surface area contributed by atoms with Crippen molar-refractivity contribution in [3.63, 3.8) is 0 Å². The fourth-order valence-electron chi connectivity index (χ4n) is 1.44. The number of carbonyl (C=O) groups is 1. The summed E-state index contributed by atoms with van der Waals surface area (Å²) in [5, 5.41) is 5.62. The van der Waals surface area contributed by atoms with Crippen LogP contribution in [0.5, 0.6) is 0 Å². The fraction of sp³-hybridized carbons (Fsp3) is 0.154. The number of hydrogen-bond acceptors (Lipinski definition) is 5. The molecule has 98 valence electrons. The predicted octanol–water partition coefficient (Wildman–Crippen LogP) is 2.49. The maximum absolute atomic E-state index is 11.9. The van der Waals surface area contributed by atoms with Gasteiger partial charge in [-0.2, -0.15) is 0 Å². The number of anilines is 2. The number of thioether (sulfide) groups is 1. The molecule has 1 heterocycles. The van der Waals surface area contributed by atoms with E-state index in [1.807, 2.05) is 30.5 Å². The Bertz CT molecular complexity index is 554. The van der Waals surface area contributed by atoms with Gasteiger partial charge in [0.2, 0.25) is 0 Å². The molecule has 0 saturated heterocycles. The highest BCUT2D eigenvalue weighted by molar-refractivity contribution is 7.98. The van der Waals surface area contributed by atoms with Crippen molar-refractivity contribution in [2.45, 2.75) is 4.90 Å². The van der Waals surface area contributed by atoms with E-state index >= 15 is 0 Å². The Balaban J connectivity index is 2.06. The molecular formula is C13H14N4OS. The molecule has 5 nitrogen and oxygen atoms in total. The van der Waals surface area contributed by atoms with Gasteiger partial charge in [0, 0.05) is 17.6 Å². The van der Waals surface area contributed by atoms with Crippen molar-refractivity contribution in [2.75, 3.05) is 23.9 Å². The Morgan fingerprint density at radius 1 is 1.16 bits per heavy atom. The van der Waals surface area contributed by atoms with Gasteiger partial charge in [0.25, 0.3) is 5.91 Å². The number of nitrogens with zero attached hydrogens (tertiary/aromatic N) is 2. The van der Waals surface area contributed by atoms with Crippen LogP contribution in [-0.2, 0) is 0 Å². The Labute approximate surface area is 115 Å². The number of nitrogens with one attached hydrogen (secondary N) is 2. The summed E-state index contributed by atoms with van der Waals surface area (Å²) in [5.41, 5.74) is 1.02. The van der Waals surface area contributed by atoms with Crippen LogP contribution in [0.4, 0.5) is 11.5 Å². The van der Waals surface area contributed by atoms with E-state index in [1.165, 1.54) is 12.4 Å². The van der Waals surface area contributed by atoms with Crippen LogP contribution in [0.15, 0.2) is 41.6 Å². The van der Waals surface area contributed by atoms with Crippen LogP contribution < -0.4 is 10.6 Å². The van der Waals surface area contributed by atoms with Gasteiger partial charge >= 0.3 is 0 Å². The number of benzene rings is 1. The third-order valence-electron chi connectivity index (χ3n) is 2.49. The molecule has 0 fully saturated rings. The fourth-order valence-corrected chi connectivity index (χ4v) is 1.85. The second-order valence-corrected chi connectivity index (χ2v) is 4.60. The molecule has 6 heteroatoms. The van der Waals surface area contributed by atoms with Crippen LogP contribution in [0.25, 0.3) is 0 Å². The van der Waals surface area contributed by atoms with E-state index in [0.29, 0.717) is 5.82 Å². The van der Waals surface area contributed by atoms with Crippen LogP contribution in [0.2, 0.25) is 0 Å². The van der Waals surface area contributed by atoms with Crippen molar-refractivity contribution in [1.82, 2.24) is 9.97 Å². The van der Waals surface area contributed by atoms with Gasteiger partial charge in [-0.15, -0.1) is 11.8 Å². The van der Waals surface area contributed by atoms with E-state index in [9.17, 15) is 4.79 Å². The van der Waals surface area contributed by atoms with Crippen LogP contribution in [0.1, 0.15) is 10.5 Å². The summed E-state index contributed by atoms with van der Waals surface area (Å²) in [6.45, 7) is 0. The molecule has 0 spiro atoms. The summed E-state index contributed by atoms with van der Waals surface area (Å²) in [4.78, 5) is 21.2. The average Bonchev–Trinajstić information content (AvgIpc) is 2.48. The Hall–Kier alpha value is -2.08. The predicted molar refractivity (Wildman–Crippen MR) is 77.8 cm³/mol. The molecule has 0 bridgehead atoms. The molecule has 1 aromatic heterocycles. The summed E-state index contributed by atoms with van der Waals surface area (Å²) in [7, 11) is 1.75. The maximum atomic E-state index is 11.9. The lowest BCUT2D eigenvalue weighted by atomic mass is 10.3. The molecule has 1 aromatic carbocycles. The highest BCUT2D eigenvalue weighted by atomic mass is 32.2. The minimum atomic E-state index is -0.271. The van der Waals surface area contributed by atoms with Gasteiger partial charge in [-0.05, 0) is 30.5 Å². The van der Waals surface area contributed by atoms with Gasteiger partial charge < -0.3 is 10.6 Å². The van der Waals surface area contributed by atoms with E-state index in [1.54, 1.807) is 18.8 Å². The van der Waals surface area contributed by atoms with Gasteiger partial charge in [0.1, 0.15) is 11.5 Å². The first-order chi connectivity index (χ1) is 9.22. The largest absolute Gasteiger partial charge is 0.372 e. The molecule has 1 amide bonds. The van der Waals surface area contributed by atoms with Crippen molar-refractivity contribution in [2.24, 2.45) is 0 Å². The third kappa shape index (κ3) is 3.45. The van der Waals surface area contributed by atoms with Crippen LogP contribution in [0, 0.1) is 0 Å². The third-order valence-corrected chi connectivity index (χ3v) is 3.23. The molecule has 19 heavy (non-hydrogen) atoms. The average molecular weight is 274 g/mol. The van der Waals surface area contributed by atoms with Crippen LogP contribution in [-0.4, -0.2) is 29.2 Å². The summed E-state index contributed by atoms with van der Waals surface area (Å²) < 4.78 is 0. The minimum absolute atomic E-state index is 0.271. The SMILES string of the molecule is CNc1cnc(C(=O)Nc2ccc(SC)cc2)cn1. The second kappa shape index (κ2) is 6.19. The number of rotatable bonds is 4. The van der Waals surface area contributed by atoms with Gasteiger partial charge in [-0.25, -0.2) is 9.97 Å². The number of amides is 1. The molecule has 0 aliphatic heterocycles. The van der Waals surface area contributed by atoms with Crippen molar-refractivity contribution in [1.29, 1.82) is 0 Å². The monoisotopic (exact) mass is 274 g/mol. The van der Waals surface area contributed by atoms with Crippen LogP contribution in [0.3, 0.4) is 0 Å². The first-order valence-electron chi connectivity index (χ1n) is 5.68. The molecular weight excluding hydrogens is 260 g/mol. The maximum Gasteiger partial charge on any atom is 0.275 e. The number of aromatic nitrogens is 2. The van der Waals surface area contributed by atoms with E-state index in [-0.39, 0.29) is 11.6 Å². The van der Waals surface area contributed by atoms with E-state index < -0.39 is 0 Å². The zero-order chi connectivity index (χ0) is 13.7. The zero-order valence-corrected chi connectivity index (χ0v) is 11.5. The summed E-state index contributed by atoms with van der Waals surface area (Å²) in [6.07, 6.45) is 4.97. The molecule has 0 radical (unpaired) electrons. The number of carbonyl (C=O) groups excluding carboxylic acids is 1. The lowest BCUT2D eigenvalue weighted by molar-refractivity contribution is 0.102. The quantitative estimate of drug-likeness (QED) is 0.838. The Morgan fingerprint density at radius 3 is 2.42 bits per heavy atom. The van der Waals surface area contributed by atoms with Crippen molar-refractivity contribution in [3.8, 4) is 0 Å². The topological polar surface area (TPSA) is 66.9 Å². The lowest BCUT2D eigenvalue weighted by Crippen LogP contribution is -2.14. The first kappa shape index (κ1) is 13.4. The number of hydrogen-bond donors (Lipinski definition) is 2. The molecule has 0 aliphatic rings.